The van der Waals surface area contributed by atoms with Crippen molar-refractivity contribution in [1.82, 2.24) is 9.62 Å². The Morgan fingerprint density at radius 1 is 1.15 bits per heavy atom. The van der Waals surface area contributed by atoms with Crippen molar-refractivity contribution in [3.05, 3.63) is 58.0 Å². The fourth-order valence-electron chi connectivity index (χ4n) is 4.97. The summed E-state index contributed by atoms with van der Waals surface area (Å²) in [6.07, 6.45) is -2.98. The molecule has 3 heterocycles. The summed E-state index contributed by atoms with van der Waals surface area (Å²) in [4.78, 5) is 17.5. The Morgan fingerprint density at radius 3 is 2.46 bits per heavy atom. The number of nitrogens with one attached hydrogen (secondary N) is 1. The van der Waals surface area contributed by atoms with Gasteiger partial charge in [0.25, 0.3) is 5.91 Å². The van der Waals surface area contributed by atoms with Crippen LogP contribution in [0.5, 0.6) is 17.2 Å². The number of aliphatic hydroxyl groups is 2. The number of carbonyl (C=O) groups is 1. The van der Waals surface area contributed by atoms with E-state index in [1.165, 1.54) is 28.6 Å². The predicted octanol–water partition coefficient (Wildman–Crippen LogP) is 2.07. The van der Waals surface area contributed by atoms with E-state index in [0.29, 0.717) is 16.9 Å². The second-order valence-electron chi connectivity index (χ2n) is 10.1. The zero-order valence-electron chi connectivity index (χ0n) is 22.3. The molecule has 3 aliphatic heterocycles. The first-order chi connectivity index (χ1) is 19.3. The molecule has 14 heteroatoms. The molecule has 0 bridgehead atoms. The molecule has 0 aromatic heterocycles. The van der Waals surface area contributed by atoms with Crippen molar-refractivity contribution in [1.29, 1.82) is 0 Å². The molecule has 1 fully saturated rings. The first kappa shape index (κ1) is 28.9. The number of aliphatic imine (C=N–C) groups is 1. The molecule has 1 atom stereocenters. The van der Waals surface area contributed by atoms with Gasteiger partial charge in [-0.1, -0.05) is 0 Å². The number of hydrogen-bond donors (Lipinski definition) is 3. The SMILES string of the molecule is Cc1cc(OC[C@H](O)CO)cc(C)c1C=CS(=O)(=O)N1CCC2(CC1)N=C(c1ccc3c(c1)OC(F)(F)O3)NC2=O. The van der Waals surface area contributed by atoms with E-state index >= 15 is 0 Å². The minimum Gasteiger partial charge on any atom is -0.491 e. The van der Waals surface area contributed by atoms with E-state index in [1.807, 2.05) is 0 Å². The van der Waals surface area contributed by atoms with Crippen LogP contribution in [0.1, 0.15) is 35.1 Å². The van der Waals surface area contributed by atoms with E-state index in [9.17, 15) is 27.1 Å². The lowest BCUT2D eigenvalue weighted by molar-refractivity contribution is -0.286. The van der Waals surface area contributed by atoms with Gasteiger partial charge in [0.05, 0.1) is 6.61 Å². The molecular weight excluding hydrogens is 564 g/mol. The van der Waals surface area contributed by atoms with Gasteiger partial charge in [0.15, 0.2) is 11.5 Å². The Hall–Kier alpha value is -3.59. The number of benzene rings is 2. The summed E-state index contributed by atoms with van der Waals surface area (Å²) in [5.74, 6) is -0.00811. The third-order valence-corrected chi connectivity index (χ3v) is 8.76. The van der Waals surface area contributed by atoms with Crippen LogP contribution in [0.4, 0.5) is 8.78 Å². The maximum atomic E-state index is 13.4. The molecule has 0 unspecified atom stereocenters. The molecule has 3 aliphatic rings. The van der Waals surface area contributed by atoms with Crippen LogP contribution in [0, 0.1) is 13.8 Å². The summed E-state index contributed by atoms with van der Waals surface area (Å²) < 4.78 is 68.7. The lowest BCUT2D eigenvalue weighted by Gasteiger charge is -2.34. The van der Waals surface area contributed by atoms with Gasteiger partial charge < -0.3 is 29.7 Å². The number of halogens is 2. The number of alkyl halides is 2. The number of aliphatic hydroxyl groups excluding tert-OH is 2. The highest BCUT2D eigenvalue weighted by Crippen LogP contribution is 2.42. The number of ether oxygens (including phenoxy) is 3. The highest BCUT2D eigenvalue weighted by molar-refractivity contribution is 7.92. The summed E-state index contributed by atoms with van der Waals surface area (Å²) in [5.41, 5.74) is 1.42. The van der Waals surface area contributed by atoms with E-state index in [-0.39, 0.29) is 55.8 Å². The van der Waals surface area contributed by atoms with E-state index in [4.69, 9.17) is 9.84 Å². The van der Waals surface area contributed by atoms with E-state index < -0.39 is 34.6 Å². The van der Waals surface area contributed by atoms with Gasteiger partial charge in [-0.2, -0.15) is 4.31 Å². The van der Waals surface area contributed by atoms with Crippen molar-refractivity contribution < 1.29 is 46.4 Å². The summed E-state index contributed by atoms with van der Waals surface area (Å²) in [5, 5.41) is 22.2. The third-order valence-electron chi connectivity index (χ3n) is 7.19. The van der Waals surface area contributed by atoms with Crippen molar-refractivity contribution in [2.24, 2.45) is 4.99 Å². The standard InChI is InChI=1S/C27H29F2N3O8S/c1-16-11-20(38-15-19(34)14-33)12-17(2)21(16)5-10-41(36,37)32-8-6-26(7-9-32)25(35)30-24(31-26)18-3-4-22-23(13-18)40-27(28,29)39-22/h3-5,10-13,19,33-34H,6-9,14-15H2,1-2H3,(H,30,31,35)/t19-/m1/s1. The van der Waals surface area contributed by atoms with Crippen LogP contribution in [-0.2, 0) is 14.8 Å². The maximum Gasteiger partial charge on any atom is 0.586 e. The molecule has 3 N–H and O–H groups in total. The summed E-state index contributed by atoms with van der Waals surface area (Å²) in [6.45, 7) is 3.23. The summed E-state index contributed by atoms with van der Waals surface area (Å²) >= 11 is 0. The lowest BCUT2D eigenvalue weighted by Crippen LogP contribution is -2.50. The van der Waals surface area contributed by atoms with Gasteiger partial charge in [0.2, 0.25) is 10.0 Å². The Bertz CT molecular complexity index is 1510. The molecule has 11 nitrogen and oxygen atoms in total. The van der Waals surface area contributed by atoms with Gasteiger partial charge in [-0.3, -0.25) is 9.79 Å². The Labute approximate surface area is 235 Å². The van der Waals surface area contributed by atoms with Crippen molar-refractivity contribution >= 4 is 27.8 Å². The molecule has 41 heavy (non-hydrogen) atoms. The van der Waals surface area contributed by atoms with Crippen molar-refractivity contribution in [2.45, 2.75) is 44.6 Å². The number of carbonyl (C=O) groups excluding carboxylic acids is 1. The summed E-state index contributed by atoms with van der Waals surface area (Å²) in [7, 11) is -3.82. The smallest absolute Gasteiger partial charge is 0.491 e. The van der Waals surface area contributed by atoms with Crippen LogP contribution in [0.2, 0.25) is 0 Å². The number of nitrogens with zero attached hydrogens (tertiary/aromatic N) is 2. The summed E-state index contributed by atoms with van der Waals surface area (Å²) in [6, 6.07) is 7.52. The van der Waals surface area contributed by atoms with Crippen molar-refractivity contribution in [3.8, 4) is 17.2 Å². The number of hydrogen-bond acceptors (Lipinski definition) is 9. The molecule has 0 aliphatic carbocycles. The van der Waals surface area contributed by atoms with Gasteiger partial charge in [0.1, 0.15) is 29.8 Å². The van der Waals surface area contributed by atoms with Crippen LogP contribution in [0.3, 0.4) is 0 Å². The van der Waals surface area contributed by atoms with Gasteiger partial charge >= 0.3 is 6.29 Å². The maximum absolute atomic E-state index is 13.4. The Morgan fingerprint density at radius 2 is 1.80 bits per heavy atom. The molecule has 1 spiro atoms. The average molecular weight is 594 g/mol. The van der Waals surface area contributed by atoms with E-state index in [0.717, 1.165) is 16.5 Å². The fourth-order valence-corrected chi connectivity index (χ4v) is 6.14. The largest absolute Gasteiger partial charge is 0.586 e. The van der Waals surface area contributed by atoms with E-state index in [1.54, 1.807) is 26.0 Å². The van der Waals surface area contributed by atoms with Gasteiger partial charge in [-0.15, -0.1) is 8.78 Å². The minimum atomic E-state index is -3.82. The first-order valence-corrected chi connectivity index (χ1v) is 14.3. The monoisotopic (exact) mass is 593 g/mol. The van der Waals surface area contributed by atoms with Crippen LogP contribution in [0.25, 0.3) is 6.08 Å². The molecule has 1 saturated heterocycles. The number of fused-ring (bicyclic) bond motifs is 1. The van der Waals surface area contributed by atoms with Gasteiger partial charge in [0, 0.05) is 24.1 Å². The number of piperidine rings is 1. The normalized spacial score (nSPS) is 20.3. The second-order valence-corrected chi connectivity index (χ2v) is 12.0. The number of aryl methyl sites for hydroxylation is 2. The molecular formula is C27H29F2N3O8S. The number of amidine groups is 1. The molecule has 2 aromatic carbocycles. The number of sulfonamides is 1. The number of rotatable bonds is 8. The topological polar surface area (TPSA) is 147 Å². The zero-order valence-corrected chi connectivity index (χ0v) is 23.1. The minimum absolute atomic E-state index is 0.0577. The van der Waals surface area contributed by atoms with Crippen LogP contribution < -0.4 is 19.5 Å². The Balaban J connectivity index is 1.26. The first-order valence-electron chi connectivity index (χ1n) is 12.8. The van der Waals surface area contributed by atoms with Crippen LogP contribution in [-0.4, -0.2) is 78.9 Å². The Kier molecular flexibility index (Phi) is 7.53. The fraction of sp³-hybridized carbons (Fsp3) is 0.407. The highest BCUT2D eigenvalue weighted by Gasteiger charge is 2.48. The van der Waals surface area contributed by atoms with Gasteiger partial charge in [-0.25, -0.2) is 8.42 Å². The quantitative estimate of drug-likeness (QED) is 0.422. The van der Waals surface area contributed by atoms with Crippen LogP contribution in [0.15, 0.2) is 40.7 Å². The molecule has 2 aromatic rings. The van der Waals surface area contributed by atoms with Crippen molar-refractivity contribution in [2.75, 3.05) is 26.3 Å². The molecule has 220 valence electrons. The van der Waals surface area contributed by atoms with E-state index in [2.05, 4.69) is 19.8 Å². The predicted molar refractivity (Wildman–Crippen MR) is 143 cm³/mol. The molecule has 0 saturated carbocycles. The van der Waals surface area contributed by atoms with Crippen molar-refractivity contribution in [3.63, 3.8) is 0 Å². The third kappa shape index (κ3) is 5.91. The highest BCUT2D eigenvalue weighted by atomic mass is 32.2. The average Bonchev–Trinajstić information content (AvgIpc) is 3.40. The van der Waals surface area contributed by atoms with Crippen LogP contribution >= 0.6 is 0 Å². The second kappa shape index (κ2) is 10.7. The zero-order chi connectivity index (χ0) is 29.6. The lowest BCUT2D eigenvalue weighted by atomic mass is 9.89. The van der Waals surface area contributed by atoms with Gasteiger partial charge in [-0.05, 0) is 79.8 Å². The number of amides is 1. The molecule has 0 radical (unpaired) electrons. The molecule has 5 rings (SSSR count). The molecule has 1 amide bonds.